The zero-order chi connectivity index (χ0) is 24.2. The fourth-order valence-corrected chi connectivity index (χ4v) is 6.41. The van der Waals surface area contributed by atoms with Crippen LogP contribution in [0.4, 0.5) is 9.18 Å². The number of likely N-dealkylation sites (N-methyl/N-ethyl adjacent to an activating group) is 1. The minimum atomic E-state index is -1.01. The number of nitrogens with one attached hydrogen (secondary N) is 1. The lowest BCUT2D eigenvalue weighted by Gasteiger charge is -2.46. The van der Waals surface area contributed by atoms with Gasteiger partial charge >= 0.3 is 6.09 Å². The predicted molar refractivity (Wildman–Crippen MR) is 139 cm³/mol. The zero-order valence-corrected chi connectivity index (χ0v) is 21.2. The smallest absolute Gasteiger partial charge is 0.407 e. The molecule has 184 valence electrons. The number of halogens is 1. The summed E-state index contributed by atoms with van der Waals surface area (Å²) in [6.07, 6.45) is 3.74. The highest BCUT2D eigenvalue weighted by Crippen LogP contribution is 2.38. The van der Waals surface area contributed by atoms with Crippen molar-refractivity contribution in [3.8, 4) is 0 Å². The molecule has 7 nitrogen and oxygen atoms in total. The molecule has 3 heterocycles. The third kappa shape index (κ3) is 5.30. The topological polar surface area (TPSA) is 71.4 Å². The van der Waals surface area contributed by atoms with Crippen molar-refractivity contribution in [2.24, 2.45) is 4.99 Å². The van der Waals surface area contributed by atoms with Gasteiger partial charge in [-0.3, -0.25) is 5.01 Å². The maximum atomic E-state index is 14.8. The lowest BCUT2D eigenvalue weighted by Crippen LogP contribution is -2.55. The first-order valence-electron chi connectivity index (χ1n) is 11.9. The van der Waals surface area contributed by atoms with E-state index in [1.54, 1.807) is 12.1 Å². The first-order valence-corrected chi connectivity index (χ1v) is 13.2. The Morgan fingerprint density at radius 2 is 2.12 bits per heavy atom. The zero-order valence-electron chi connectivity index (χ0n) is 19.6. The molecule has 2 saturated heterocycles. The van der Waals surface area contributed by atoms with E-state index in [9.17, 15) is 14.3 Å². The van der Waals surface area contributed by atoms with Crippen LogP contribution in [0.2, 0.25) is 0 Å². The Morgan fingerprint density at radius 3 is 2.76 bits per heavy atom. The van der Waals surface area contributed by atoms with Gasteiger partial charge in [-0.2, -0.15) is 0 Å². The second-order valence-electron chi connectivity index (χ2n) is 8.75. The standard InChI is InChI=1S/C24H32FN5O2S2/c1-3-28(4-2)20-13-16(14-21-22(33)27-23(34-21)30-12-8-7-11-26-30)29(24(31)32)15-18(20)17-9-5-6-10-19(17)25/h5-6,9-10,14,16,18,20,26H,3-4,7-8,11-13,15H2,1-2H3,(H,31,32)/b21-14-. The van der Waals surface area contributed by atoms with Crippen molar-refractivity contribution in [3.05, 3.63) is 46.6 Å². The molecule has 4 rings (SSSR count). The number of benzene rings is 1. The normalized spacial score (nSPS) is 26.9. The number of aliphatic imine (C=N–C) groups is 1. The van der Waals surface area contributed by atoms with E-state index < -0.39 is 6.09 Å². The first-order chi connectivity index (χ1) is 16.4. The first kappa shape index (κ1) is 25.1. The molecule has 0 aliphatic carbocycles. The lowest BCUT2D eigenvalue weighted by molar-refractivity contribution is 0.0638. The van der Waals surface area contributed by atoms with Crippen molar-refractivity contribution in [3.63, 3.8) is 0 Å². The fourth-order valence-electron chi connectivity index (χ4n) is 5.12. The van der Waals surface area contributed by atoms with Gasteiger partial charge in [-0.15, -0.1) is 0 Å². The van der Waals surface area contributed by atoms with E-state index in [1.165, 1.54) is 22.7 Å². The van der Waals surface area contributed by atoms with Crippen molar-refractivity contribution in [1.29, 1.82) is 0 Å². The van der Waals surface area contributed by atoms with E-state index in [-0.39, 0.29) is 30.4 Å². The molecule has 0 aromatic heterocycles. The van der Waals surface area contributed by atoms with Crippen molar-refractivity contribution >= 4 is 40.2 Å². The molecule has 0 saturated carbocycles. The number of amides is 1. The molecule has 10 heteroatoms. The number of amidine groups is 1. The third-order valence-corrected chi connectivity index (χ3v) is 8.35. The summed E-state index contributed by atoms with van der Waals surface area (Å²) in [5, 5.41) is 12.9. The average molecular weight is 506 g/mol. The quantitative estimate of drug-likeness (QED) is 0.457. The van der Waals surface area contributed by atoms with E-state index in [0.29, 0.717) is 17.0 Å². The number of rotatable bonds is 5. The highest BCUT2D eigenvalue weighted by Gasteiger charge is 2.41. The van der Waals surface area contributed by atoms with Crippen LogP contribution in [0.5, 0.6) is 0 Å². The number of hydrogen-bond donors (Lipinski definition) is 2. The number of likely N-dealkylation sites (tertiary alicyclic amines) is 1. The average Bonchev–Trinajstić information content (AvgIpc) is 3.21. The molecule has 3 unspecified atom stereocenters. The summed E-state index contributed by atoms with van der Waals surface area (Å²) in [5.41, 5.74) is 3.92. The van der Waals surface area contributed by atoms with Crippen LogP contribution in [-0.2, 0) is 0 Å². The Morgan fingerprint density at radius 1 is 1.35 bits per heavy atom. The molecular formula is C24H32FN5O2S2. The van der Waals surface area contributed by atoms with Crippen LogP contribution in [0.1, 0.15) is 44.6 Å². The third-order valence-electron chi connectivity index (χ3n) is 6.87. The minimum Gasteiger partial charge on any atom is -0.465 e. The van der Waals surface area contributed by atoms with Crippen LogP contribution in [0, 0.1) is 5.82 Å². The van der Waals surface area contributed by atoms with E-state index >= 15 is 0 Å². The molecule has 2 fully saturated rings. The highest BCUT2D eigenvalue weighted by molar-refractivity contribution is 8.19. The molecule has 3 atom stereocenters. The number of carbonyl (C=O) groups is 1. The van der Waals surface area contributed by atoms with Crippen LogP contribution in [0.25, 0.3) is 0 Å². The lowest BCUT2D eigenvalue weighted by atomic mass is 9.81. The van der Waals surface area contributed by atoms with Gasteiger partial charge in [0.05, 0.1) is 10.9 Å². The maximum absolute atomic E-state index is 14.8. The molecule has 3 aliphatic rings. The molecule has 0 bridgehead atoms. The van der Waals surface area contributed by atoms with Crippen LogP contribution < -0.4 is 5.43 Å². The summed E-state index contributed by atoms with van der Waals surface area (Å²) in [4.78, 5) is 21.9. The van der Waals surface area contributed by atoms with Crippen molar-refractivity contribution < 1.29 is 14.3 Å². The van der Waals surface area contributed by atoms with Gasteiger partial charge in [-0.25, -0.2) is 19.6 Å². The van der Waals surface area contributed by atoms with Gasteiger partial charge in [0.15, 0.2) is 5.17 Å². The number of thiocarbonyl (C=S) groups is 1. The molecule has 2 N–H and O–H groups in total. The fraction of sp³-hybridized carbons (Fsp3) is 0.542. The second-order valence-corrected chi connectivity index (χ2v) is 10.1. The van der Waals surface area contributed by atoms with Gasteiger partial charge in [0.25, 0.3) is 0 Å². The maximum Gasteiger partial charge on any atom is 0.407 e. The largest absolute Gasteiger partial charge is 0.465 e. The van der Waals surface area contributed by atoms with Crippen LogP contribution in [-0.4, -0.2) is 81.0 Å². The number of piperidine rings is 1. The van der Waals surface area contributed by atoms with Gasteiger partial charge in [0.1, 0.15) is 10.8 Å². The molecule has 1 aromatic carbocycles. The summed E-state index contributed by atoms with van der Waals surface area (Å²) in [6, 6.07) is 6.36. The van der Waals surface area contributed by atoms with Crippen LogP contribution in [0.3, 0.4) is 0 Å². The van der Waals surface area contributed by atoms with Gasteiger partial charge in [0, 0.05) is 31.6 Å². The molecule has 1 aromatic rings. The molecule has 0 radical (unpaired) electrons. The van der Waals surface area contributed by atoms with E-state index in [0.717, 1.165) is 49.1 Å². The summed E-state index contributed by atoms with van der Waals surface area (Å²) >= 11 is 7.04. The SMILES string of the molecule is CCN(CC)C1CC(/C=C2\SC(N3CCCCN3)=NC2=S)N(C(=O)O)CC1c1ccccc1F. The number of thioether (sulfide) groups is 1. The summed E-state index contributed by atoms with van der Waals surface area (Å²) < 4.78 is 14.8. The molecule has 3 aliphatic heterocycles. The summed E-state index contributed by atoms with van der Waals surface area (Å²) in [7, 11) is 0. The van der Waals surface area contributed by atoms with Crippen LogP contribution >= 0.6 is 24.0 Å². The minimum absolute atomic E-state index is 0.00785. The Bertz CT molecular complexity index is 978. The van der Waals surface area contributed by atoms with E-state index in [2.05, 4.69) is 29.2 Å². The molecular weight excluding hydrogens is 473 g/mol. The van der Waals surface area contributed by atoms with Gasteiger partial charge in [-0.1, -0.05) is 44.3 Å². The van der Waals surface area contributed by atoms with Gasteiger partial charge in [-0.05, 0) is 61.8 Å². The summed E-state index contributed by atoms with van der Waals surface area (Å²) in [6.45, 7) is 7.81. The second kappa shape index (κ2) is 11.2. The Labute approximate surface area is 210 Å². The van der Waals surface area contributed by atoms with Crippen LogP contribution in [0.15, 0.2) is 40.2 Å². The number of carboxylic acid groups (broad SMARTS) is 1. The summed E-state index contributed by atoms with van der Waals surface area (Å²) in [5.74, 6) is -0.536. The Hall–Kier alpha value is -2.01. The molecule has 1 amide bonds. The van der Waals surface area contributed by atoms with Gasteiger partial charge in [0.2, 0.25) is 0 Å². The Balaban J connectivity index is 1.62. The van der Waals surface area contributed by atoms with E-state index in [4.69, 9.17) is 12.2 Å². The number of nitrogens with zero attached hydrogens (tertiary/aromatic N) is 4. The monoisotopic (exact) mass is 505 g/mol. The van der Waals surface area contributed by atoms with Crippen molar-refractivity contribution in [2.45, 2.75) is 51.1 Å². The molecule has 0 spiro atoms. The number of hydrogen-bond acceptors (Lipinski definition) is 6. The van der Waals surface area contributed by atoms with E-state index in [1.807, 2.05) is 17.2 Å². The highest BCUT2D eigenvalue weighted by atomic mass is 32.2. The van der Waals surface area contributed by atoms with Crippen molar-refractivity contribution in [1.82, 2.24) is 20.2 Å². The molecule has 34 heavy (non-hydrogen) atoms. The van der Waals surface area contributed by atoms with Crippen molar-refractivity contribution in [2.75, 3.05) is 32.7 Å². The number of hydrazine groups is 1. The predicted octanol–water partition coefficient (Wildman–Crippen LogP) is 4.29. The van der Waals surface area contributed by atoms with Gasteiger partial charge < -0.3 is 14.9 Å². The Kier molecular flexibility index (Phi) is 8.23.